The lowest BCUT2D eigenvalue weighted by Crippen LogP contribution is -2.30. The van der Waals surface area contributed by atoms with Crippen LogP contribution in [0.1, 0.15) is 18.4 Å². The minimum atomic E-state index is 0.802. The lowest BCUT2D eigenvalue weighted by molar-refractivity contribution is 0.686. The van der Waals surface area contributed by atoms with Crippen molar-refractivity contribution in [2.45, 2.75) is 25.4 Å². The van der Waals surface area contributed by atoms with Crippen LogP contribution in [0.2, 0.25) is 0 Å². The van der Waals surface area contributed by atoms with Crippen LogP contribution in [-0.2, 0) is 6.54 Å². The van der Waals surface area contributed by atoms with E-state index < -0.39 is 0 Å². The third-order valence-electron chi connectivity index (χ3n) is 3.02. The standard InChI is InChI=1S/C11H15N3/c1-2-10(1)14-6-5-13-8-9-7-12-4-3-11(9)14/h3-4,7,10,13H,1-2,5-6,8H2. The molecule has 0 amide bonds. The third-order valence-corrected chi connectivity index (χ3v) is 3.02. The molecule has 0 unspecified atom stereocenters. The van der Waals surface area contributed by atoms with Crippen LogP contribution in [-0.4, -0.2) is 24.1 Å². The Hall–Kier alpha value is -1.09. The van der Waals surface area contributed by atoms with Crippen LogP contribution in [0.25, 0.3) is 0 Å². The highest BCUT2D eigenvalue weighted by atomic mass is 15.2. The first kappa shape index (κ1) is 8.24. The summed E-state index contributed by atoms with van der Waals surface area (Å²) in [5.74, 6) is 0. The molecule has 2 heterocycles. The molecule has 0 aromatic carbocycles. The monoisotopic (exact) mass is 189 g/mol. The number of pyridine rings is 1. The molecule has 1 aliphatic carbocycles. The van der Waals surface area contributed by atoms with Crippen molar-refractivity contribution in [3.05, 3.63) is 24.0 Å². The van der Waals surface area contributed by atoms with E-state index in [9.17, 15) is 0 Å². The van der Waals surface area contributed by atoms with Crippen molar-refractivity contribution < 1.29 is 0 Å². The smallest absolute Gasteiger partial charge is 0.0445 e. The molecule has 0 radical (unpaired) electrons. The topological polar surface area (TPSA) is 28.2 Å². The van der Waals surface area contributed by atoms with Crippen molar-refractivity contribution in [2.24, 2.45) is 0 Å². The summed E-state index contributed by atoms with van der Waals surface area (Å²) in [5, 5.41) is 3.43. The van der Waals surface area contributed by atoms with Crippen LogP contribution in [0.3, 0.4) is 0 Å². The maximum atomic E-state index is 4.19. The summed E-state index contributed by atoms with van der Waals surface area (Å²) in [6.07, 6.45) is 6.62. The Labute approximate surface area is 84.1 Å². The van der Waals surface area contributed by atoms with Gasteiger partial charge >= 0.3 is 0 Å². The Morgan fingerprint density at radius 1 is 1.43 bits per heavy atom. The van der Waals surface area contributed by atoms with Gasteiger partial charge in [-0.25, -0.2) is 0 Å². The van der Waals surface area contributed by atoms with Crippen LogP contribution >= 0.6 is 0 Å². The Bertz CT molecular complexity index is 333. The van der Waals surface area contributed by atoms with Crippen molar-refractivity contribution in [2.75, 3.05) is 18.0 Å². The quantitative estimate of drug-likeness (QED) is 0.718. The zero-order valence-corrected chi connectivity index (χ0v) is 8.24. The van der Waals surface area contributed by atoms with E-state index in [1.807, 2.05) is 12.4 Å². The Morgan fingerprint density at radius 3 is 3.21 bits per heavy atom. The van der Waals surface area contributed by atoms with Crippen LogP contribution in [0.15, 0.2) is 18.5 Å². The van der Waals surface area contributed by atoms with Gasteiger partial charge in [-0.05, 0) is 18.9 Å². The average molecular weight is 189 g/mol. The highest BCUT2D eigenvalue weighted by Gasteiger charge is 2.30. The molecule has 1 aliphatic heterocycles. The molecule has 0 atom stereocenters. The molecule has 0 spiro atoms. The summed E-state index contributed by atoms with van der Waals surface area (Å²) >= 11 is 0. The summed E-state index contributed by atoms with van der Waals surface area (Å²) in [6, 6.07) is 2.96. The fraction of sp³-hybridized carbons (Fsp3) is 0.545. The molecule has 0 bridgehead atoms. The van der Waals surface area contributed by atoms with Gasteiger partial charge in [0.2, 0.25) is 0 Å². The Morgan fingerprint density at radius 2 is 2.36 bits per heavy atom. The van der Waals surface area contributed by atoms with Crippen LogP contribution in [0.5, 0.6) is 0 Å². The van der Waals surface area contributed by atoms with E-state index in [1.165, 1.54) is 24.1 Å². The Kier molecular flexibility index (Phi) is 1.91. The molecule has 1 fully saturated rings. The summed E-state index contributed by atoms with van der Waals surface area (Å²) in [5.41, 5.74) is 2.74. The van der Waals surface area contributed by atoms with E-state index in [4.69, 9.17) is 0 Å². The second-order valence-corrected chi connectivity index (χ2v) is 4.11. The van der Waals surface area contributed by atoms with Gasteiger partial charge in [0, 0.05) is 49.3 Å². The van der Waals surface area contributed by atoms with Gasteiger partial charge in [0.1, 0.15) is 0 Å². The van der Waals surface area contributed by atoms with E-state index in [0.29, 0.717) is 0 Å². The number of hydrogen-bond donors (Lipinski definition) is 1. The molecule has 74 valence electrons. The summed E-state index contributed by atoms with van der Waals surface area (Å²) in [6.45, 7) is 3.19. The van der Waals surface area contributed by atoms with Gasteiger partial charge in [-0.3, -0.25) is 4.98 Å². The first-order valence-corrected chi connectivity index (χ1v) is 5.35. The van der Waals surface area contributed by atoms with E-state index in [1.54, 1.807) is 0 Å². The number of hydrogen-bond acceptors (Lipinski definition) is 3. The first-order chi connectivity index (χ1) is 6.95. The molecular formula is C11H15N3. The van der Waals surface area contributed by atoms with Crippen molar-refractivity contribution in [1.29, 1.82) is 0 Å². The molecule has 0 saturated heterocycles. The van der Waals surface area contributed by atoms with Gasteiger partial charge in [-0.2, -0.15) is 0 Å². The molecule has 14 heavy (non-hydrogen) atoms. The van der Waals surface area contributed by atoms with Crippen molar-refractivity contribution in [3.8, 4) is 0 Å². The number of nitrogens with zero attached hydrogens (tertiary/aromatic N) is 2. The summed E-state index contributed by atoms with van der Waals surface area (Å²) in [7, 11) is 0. The molecular weight excluding hydrogens is 174 g/mol. The van der Waals surface area contributed by atoms with E-state index in [0.717, 1.165) is 25.7 Å². The van der Waals surface area contributed by atoms with Crippen LogP contribution in [0, 0.1) is 0 Å². The lowest BCUT2D eigenvalue weighted by atomic mass is 10.2. The third kappa shape index (κ3) is 1.38. The van der Waals surface area contributed by atoms with Crippen molar-refractivity contribution in [1.82, 2.24) is 10.3 Å². The number of anilines is 1. The fourth-order valence-corrected chi connectivity index (χ4v) is 2.14. The van der Waals surface area contributed by atoms with Gasteiger partial charge in [0.25, 0.3) is 0 Å². The molecule has 1 aromatic heterocycles. The lowest BCUT2D eigenvalue weighted by Gasteiger charge is -2.23. The van der Waals surface area contributed by atoms with Gasteiger partial charge in [0.05, 0.1) is 0 Å². The van der Waals surface area contributed by atoms with Gasteiger partial charge < -0.3 is 10.2 Å². The molecule has 3 rings (SSSR count). The number of nitrogens with one attached hydrogen (secondary N) is 1. The maximum absolute atomic E-state index is 4.19. The molecule has 1 N–H and O–H groups in total. The molecule has 3 nitrogen and oxygen atoms in total. The van der Waals surface area contributed by atoms with Crippen molar-refractivity contribution in [3.63, 3.8) is 0 Å². The second-order valence-electron chi connectivity index (χ2n) is 4.11. The normalized spacial score (nSPS) is 21.6. The summed E-state index contributed by atoms with van der Waals surface area (Å²) < 4.78 is 0. The first-order valence-electron chi connectivity index (χ1n) is 5.35. The maximum Gasteiger partial charge on any atom is 0.0445 e. The van der Waals surface area contributed by atoms with Gasteiger partial charge in [-0.1, -0.05) is 0 Å². The van der Waals surface area contributed by atoms with E-state index in [2.05, 4.69) is 21.3 Å². The number of aromatic nitrogens is 1. The fourth-order valence-electron chi connectivity index (χ4n) is 2.14. The predicted octanol–water partition coefficient (Wildman–Crippen LogP) is 1.15. The highest BCUT2D eigenvalue weighted by Crippen LogP contribution is 2.33. The second kappa shape index (κ2) is 3.24. The zero-order chi connectivity index (χ0) is 9.38. The largest absolute Gasteiger partial charge is 0.367 e. The van der Waals surface area contributed by atoms with E-state index >= 15 is 0 Å². The molecule has 1 aromatic rings. The molecule has 3 heteroatoms. The number of fused-ring (bicyclic) bond motifs is 1. The molecule has 1 saturated carbocycles. The molecule has 2 aliphatic rings. The van der Waals surface area contributed by atoms with Crippen LogP contribution in [0.4, 0.5) is 5.69 Å². The zero-order valence-electron chi connectivity index (χ0n) is 8.24. The van der Waals surface area contributed by atoms with Gasteiger partial charge in [-0.15, -0.1) is 0 Å². The van der Waals surface area contributed by atoms with E-state index in [-0.39, 0.29) is 0 Å². The average Bonchev–Trinajstić information content (AvgIpc) is 3.03. The van der Waals surface area contributed by atoms with Crippen LogP contribution < -0.4 is 10.2 Å². The SMILES string of the molecule is c1cc2c(cn1)CNCCN2C1CC1. The minimum absolute atomic E-state index is 0.802. The Balaban J connectivity index is 1.99. The van der Waals surface area contributed by atoms with Gasteiger partial charge in [0.15, 0.2) is 0 Å². The highest BCUT2D eigenvalue weighted by molar-refractivity contribution is 5.54. The number of rotatable bonds is 1. The summed E-state index contributed by atoms with van der Waals surface area (Å²) in [4.78, 5) is 6.73. The minimum Gasteiger partial charge on any atom is -0.367 e. The predicted molar refractivity (Wildman–Crippen MR) is 56.3 cm³/mol. The van der Waals surface area contributed by atoms with Crippen molar-refractivity contribution >= 4 is 5.69 Å².